The third-order valence-corrected chi connectivity index (χ3v) is 4.50. The zero-order valence-electron chi connectivity index (χ0n) is 6.72. The van der Waals surface area contributed by atoms with Gasteiger partial charge in [0.25, 0.3) is 0 Å². The van der Waals surface area contributed by atoms with Crippen LogP contribution in [0.5, 0.6) is 0 Å². The third kappa shape index (κ3) is 1.55. The predicted molar refractivity (Wildman–Crippen MR) is 68.8 cm³/mol. The maximum Gasteiger partial charge on any atom is 0.0405 e. The van der Waals surface area contributed by atoms with Crippen LogP contribution in [0.4, 0.5) is 5.69 Å². The van der Waals surface area contributed by atoms with Crippen LogP contribution in [0.1, 0.15) is 0 Å². The van der Waals surface area contributed by atoms with Gasteiger partial charge >= 0.3 is 0 Å². The van der Waals surface area contributed by atoms with Gasteiger partial charge in [0, 0.05) is 19.1 Å². The van der Waals surface area contributed by atoms with Crippen molar-refractivity contribution in [3.63, 3.8) is 0 Å². The number of rotatable bonds is 0. The van der Waals surface area contributed by atoms with E-state index in [0.29, 0.717) is 0 Å². The molecule has 2 rings (SSSR count). The predicted octanol–water partition coefficient (Wildman–Crippen LogP) is 3.79. The van der Waals surface area contributed by atoms with Crippen LogP contribution in [-0.2, 0) is 0 Å². The molecular weight excluding hydrogens is 341 g/mol. The van der Waals surface area contributed by atoms with E-state index in [2.05, 4.69) is 44.6 Å². The number of nitrogen functional groups attached to an aromatic ring is 1. The van der Waals surface area contributed by atoms with Crippen molar-refractivity contribution < 1.29 is 0 Å². The molecule has 0 aromatic heterocycles. The minimum Gasteiger partial charge on any atom is -0.398 e. The summed E-state index contributed by atoms with van der Waals surface area (Å²) in [5.41, 5.74) is 6.71. The van der Waals surface area contributed by atoms with Crippen LogP contribution in [0.2, 0.25) is 0 Å². The highest BCUT2D eigenvalue weighted by Gasteiger charge is 2.04. The first-order chi connectivity index (χ1) is 6.20. The molecule has 0 bridgehead atoms. The Labute approximate surface area is 98.6 Å². The Morgan fingerprint density at radius 2 is 1.77 bits per heavy atom. The Bertz CT molecular complexity index is 468. The van der Waals surface area contributed by atoms with Crippen molar-refractivity contribution in [1.82, 2.24) is 0 Å². The molecule has 66 valence electrons. The number of anilines is 1. The van der Waals surface area contributed by atoms with Gasteiger partial charge in [-0.3, -0.25) is 0 Å². The Kier molecular flexibility index (Phi) is 2.47. The molecule has 1 nitrogen and oxygen atoms in total. The quantitative estimate of drug-likeness (QED) is 0.569. The van der Waals surface area contributed by atoms with E-state index in [1.807, 2.05) is 24.3 Å². The SMILES string of the molecule is Nc1cc(Br)c(I)c2ccccc12. The first-order valence-electron chi connectivity index (χ1n) is 3.82. The second-order valence-corrected chi connectivity index (χ2v) is 4.74. The molecule has 0 amide bonds. The lowest BCUT2D eigenvalue weighted by Gasteiger charge is -2.05. The van der Waals surface area contributed by atoms with E-state index in [4.69, 9.17) is 5.73 Å². The van der Waals surface area contributed by atoms with Gasteiger partial charge in [-0.25, -0.2) is 0 Å². The lowest BCUT2D eigenvalue weighted by atomic mass is 10.1. The number of hydrogen-bond donors (Lipinski definition) is 1. The summed E-state index contributed by atoms with van der Waals surface area (Å²) in [4.78, 5) is 0. The standard InChI is InChI=1S/C10H7BrIN/c11-8-5-9(13)6-3-1-2-4-7(6)10(8)12/h1-5H,13H2. The highest BCUT2D eigenvalue weighted by molar-refractivity contribution is 14.1. The van der Waals surface area contributed by atoms with Crippen LogP contribution in [0.25, 0.3) is 10.8 Å². The lowest BCUT2D eigenvalue weighted by molar-refractivity contribution is 1.64. The van der Waals surface area contributed by atoms with E-state index in [-0.39, 0.29) is 0 Å². The van der Waals surface area contributed by atoms with E-state index in [1.54, 1.807) is 0 Å². The van der Waals surface area contributed by atoms with E-state index in [1.165, 1.54) is 8.96 Å². The molecule has 0 heterocycles. The first-order valence-corrected chi connectivity index (χ1v) is 5.69. The molecule has 0 aliphatic rings. The van der Waals surface area contributed by atoms with Crippen LogP contribution in [0.3, 0.4) is 0 Å². The molecule has 0 aliphatic carbocycles. The molecule has 0 saturated carbocycles. The Morgan fingerprint density at radius 3 is 2.46 bits per heavy atom. The zero-order valence-corrected chi connectivity index (χ0v) is 10.5. The smallest absolute Gasteiger partial charge is 0.0405 e. The fraction of sp³-hybridized carbons (Fsp3) is 0. The van der Waals surface area contributed by atoms with E-state index in [9.17, 15) is 0 Å². The summed E-state index contributed by atoms with van der Waals surface area (Å²) in [7, 11) is 0. The van der Waals surface area contributed by atoms with E-state index >= 15 is 0 Å². The molecule has 0 fully saturated rings. The van der Waals surface area contributed by atoms with Crippen LogP contribution in [0, 0.1) is 3.57 Å². The highest BCUT2D eigenvalue weighted by Crippen LogP contribution is 2.31. The van der Waals surface area contributed by atoms with Crippen molar-refractivity contribution in [2.75, 3.05) is 5.73 Å². The van der Waals surface area contributed by atoms with Gasteiger partial charge in [0.15, 0.2) is 0 Å². The fourth-order valence-electron chi connectivity index (χ4n) is 1.33. The monoisotopic (exact) mass is 347 g/mol. The number of hydrogen-bond acceptors (Lipinski definition) is 1. The molecule has 0 radical (unpaired) electrons. The van der Waals surface area contributed by atoms with Crippen molar-refractivity contribution in [3.8, 4) is 0 Å². The molecule has 2 aromatic rings. The third-order valence-electron chi connectivity index (χ3n) is 1.97. The molecule has 3 heteroatoms. The van der Waals surface area contributed by atoms with Crippen molar-refractivity contribution in [1.29, 1.82) is 0 Å². The zero-order chi connectivity index (χ0) is 9.42. The van der Waals surface area contributed by atoms with Gasteiger partial charge in [-0.2, -0.15) is 0 Å². The number of fused-ring (bicyclic) bond motifs is 1. The molecule has 0 aliphatic heterocycles. The summed E-state index contributed by atoms with van der Waals surface area (Å²) in [5, 5.41) is 2.32. The molecule has 2 aromatic carbocycles. The van der Waals surface area contributed by atoms with Gasteiger partial charge in [-0.05, 0) is 50.0 Å². The van der Waals surface area contributed by atoms with Gasteiger partial charge in [-0.15, -0.1) is 0 Å². The van der Waals surface area contributed by atoms with Crippen molar-refractivity contribution in [2.24, 2.45) is 0 Å². The normalized spacial score (nSPS) is 10.6. The Balaban J connectivity index is 2.97. The topological polar surface area (TPSA) is 26.0 Å². The summed E-state index contributed by atoms with van der Waals surface area (Å²) < 4.78 is 2.27. The van der Waals surface area contributed by atoms with Gasteiger partial charge in [0.2, 0.25) is 0 Å². The Hall–Kier alpha value is -0.290. The molecule has 0 unspecified atom stereocenters. The minimum absolute atomic E-state index is 0.822. The molecule has 0 saturated heterocycles. The Morgan fingerprint density at radius 1 is 1.15 bits per heavy atom. The molecule has 13 heavy (non-hydrogen) atoms. The van der Waals surface area contributed by atoms with Crippen molar-refractivity contribution in [3.05, 3.63) is 38.4 Å². The average Bonchev–Trinajstić information content (AvgIpc) is 2.15. The number of halogens is 2. The van der Waals surface area contributed by atoms with E-state index < -0.39 is 0 Å². The molecular formula is C10H7BrIN. The largest absolute Gasteiger partial charge is 0.398 e. The summed E-state index contributed by atoms with van der Waals surface area (Å²) >= 11 is 5.80. The van der Waals surface area contributed by atoms with Gasteiger partial charge < -0.3 is 5.73 Å². The van der Waals surface area contributed by atoms with Crippen molar-refractivity contribution in [2.45, 2.75) is 0 Å². The van der Waals surface area contributed by atoms with Crippen LogP contribution >= 0.6 is 38.5 Å². The summed E-state index contributed by atoms with van der Waals surface area (Å²) in [6, 6.07) is 10.1. The maximum atomic E-state index is 5.89. The number of benzene rings is 2. The van der Waals surface area contributed by atoms with Gasteiger partial charge in [-0.1, -0.05) is 24.3 Å². The first kappa shape index (κ1) is 9.27. The lowest BCUT2D eigenvalue weighted by Crippen LogP contribution is -1.89. The number of nitrogens with two attached hydrogens (primary N) is 1. The van der Waals surface area contributed by atoms with Crippen LogP contribution < -0.4 is 5.73 Å². The summed E-state index contributed by atoms with van der Waals surface area (Å²) in [6.07, 6.45) is 0. The highest BCUT2D eigenvalue weighted by atomic mass is 127. The maximum absolute atomic E-state index is 5.89. The van der Waals surface area contributed by atoms with Gasteiger partial charge in [0.1, 0.15) is 0 Å². The molecule has 0 atom stereocenters. The van der Waals surface area contributed by atoms with Gasteiger partial charge in [0.05, 0.1) is 0 Å². The van der Waals surface area contributed by atoms with Crippen LogP contribution in [0.15, 0.2) is 34.8 Å². The second-order valence-electron chi connectivity index (χ2n) is 2.81. The average molecular weight is 348 g/mol. The summed E-state index contributed by atoms with van der Waals surface area (Å²) in [5.74, 6) is 0. The van der Waals surface area contributed by atoms with E-state index in [0.717, 1.165) is 15.5 Å². The minimum atomic E-state index is 0.822. The fourth-order valence-corrected chi connectivity index (χ4v) is 2.42. The molecule has 0 spiro atoms. The second kappa shape index (κ2) is 3.46. The van der Waals surface area contributed by atoms with Crippen molar-refractivity contribution >= 4 is 55.0 Å². The molecule has 2 N–H and O–H groups in total. The van der Waals surface area contributed by atoms with Crippen LogP contribution in [-0.4, -0.2) is 0 Å². The summed E-state index contributed by atoms with van der Waals surface area (Å²) in [6.45, 7) is 0.